The van der Waals surface area contributed by atoms with E-state index in [1.165, 1.54) is 0 Å². The predicted molar refractivity (Wildman–Crippen MR) is 44.6 cm³/mol. The molecule has 0 spiro atoms. The lowest BCUT2D eigenvalue weighted by molar-refractivity contribution is 0.0664. The molecular formula is C9H9FO2. The molecule has 2 nitrogen and oxygen atoms in total. The molecule has 0 radical (unpaired) electrons. The summed E-state index contributed by atoms with van der Waals surface area (Å²) in [5, 5.41) is 0. The van der Waals surface area contributed by atoms with Gasteiger partial charge in [-0.1, -0.05) is 24.8 Å². The summed E-state index contributed by atoms with van der Waals surface area (Å²) in [6.45, 7) is 3.28. The van der Waals surface area contributed by atoms with E-state index in [1.54, 1.807) is 24.3 Å². The third kappa shape index (κ3) is 2.54. The van der Waals surface area contributed by atoms with Crippen molar-refractivity contribution in [3.05, 3.63) is 48.7 Å². The first-order valence-electron chi connectivity index (χ1n) is 3.21. The van der Waals surface area contributed by atoms with Gasteiger partial charge in [-0.15, -0.1) is 0 Å². The molecular weight excluding hydrogens is 159 g/mol. The largest absolute Gasteiger partial charge is 0.432 e. The molecule has 0 saturated heterocycles. The number of carbonyl (C=O) groups excluding carboxylic acids is 1. The molecule has 0 fully saturated rings. The van der Waals surface area contributed by atoms with Gasteiger partial charge in [-0.05, 0) is 12.1 Å². The van der Waals surface area contributed by atoms with E-state index < -0.39 is 0 Å². The van der Waals surface area contributed by atoms with Crippen molar-refractivity contribution < 1.29 is 14.2 Å². The first kappa shape index (κ1) is 10.4. The molecule has 0 aromatic heterocycles. The van der Waals surface area contributed by atoms with Crippen molar-refractivity contribution in [3.63, 3.8) is 0 Å². The first-order chi connectivity index (χ1) is 5.34. The molecule has 0 bridgehead atoms. The van der Waals surface area contributed by atoms with Gasteiger partial charge in [-0.25, -0.2) is 4.79 Å². The van der Waals surface area contributed by atoms with Crippen LogP contribution in [-0.2, 0) is 4.74 Å². The highest BCUT2D eigenvalue weighted by molar-refractivity contribution is 5.89. The summed E-state index contributed by atoms with van der Waals surface area (Å²) in [7, 11) is 0. The zero-order valence-electron chi connectivity index (χ0n) is 6.40. The van der Waals surface area contributed by atoms with E-state index in [0.717, 1.165) is 6.26 Å². The average molecular weight is 168 g/mol. The van der Waals surface area contributed by atoms with Crippen molar-refractivity contribution in [3.8, 4) is 0 Å². The molecule has 3 heteroatoms. The van der Waals surface area contributed by atoms with Gasteiger partial charge in [0.2, 0.25) is 0 Å². The second-order valence-electron chi connectivity index (χ2n) is 1.94. The van der Waals surface area contributed by atoms with E-state index in [2.05, 4.69) is 11.3 Å². The van der Waals surface area contributed by atoms with E-state index in [9.17, 15) is 4.79 Å². The maximum atomic E-state index is 11.0. The Morgan fingerprint density at radius 1 is 1.33 bits per heavy atom. The number of rotatable bonds is 2. The number of carbonyl (C=O) groups is 1. The lowest BCUT2D eigenvalue weighted by Crippen LogP contribution is -1.98. The van der Waals surface area contributed by atoms with Crippen LogP contribution in [0.3, 0.4) is 0 Å². The summed E-state index contributed by atoms with van der Waals surface area (Å²) in [6, 6.07) is 8.77. The fourth-order valence-electron chi connectivity index (χ4n) is 0.718. The molecule has 0 aliphatic carbocycles. The van der Waals surface area contributed by atoms with Gasteiger partial charge < -0.3 is 4.74 Å². The van der Waals surface area contributed by atoms with Gasteiger partial charge in [0, 0.05) is 0 Å². The van der Waals surface area contributed by atoms with E-state index in [0.29, 0.717) is 5.56 Å². The normalized spacial score (nSPS) is 8.00. The number of esters is 1. The molecule has 0 aliphatic heterocycles. The van der Waals surface area contributed by atoms with Crippen LogP contribution in [0, 0.1) is 0 Å². The summed E-state index contributed by atoms with van der Waals surface area (Å²) >= 11 is 0. The highest BCUT2D eigenvalue weighted by Gasteiger charge is 2.01. The molecule has 0 heterocycles. The average Bonchev–Trinajstić information content (AvgIpc) is 2.07. The van der Waals surface area contributed by atoms with Crippen LogP contribution in [0.2, 0.25) is 0 Å². The minimum Gasteiger partial charge on any atom is -0.432 e. The molecule has 1 rings (SSSR count). The Bertz CT molecular complexity index is 256. The minimum atomic E-state index is -0.374. The van der Waals surface area contributed by atoms with E-state index in [1.807, 2.05) is 6.07 Å². The van der Waals surface area contributed by atoms with Crippen molar-refractivity contribution in [2.24, 2.45) is 0 Å². The van der Waals surface area contributed by atoms with Crippen LogP contribution in [-0.4, -0.2) is 5.97 Å². The molecule has 0 aliphatic rings. The molecule has 0 atom stereocenters. The highest BCUT2D eigenvalue weighted by atomic mass is 19.0. The zero-order chi connectivity index (χ0) is 8.10. The molecule has 0 amide bonds. The standard InChI is InChI=1S/C9H8O2.FH/c1-2-11-9(10)8-6-4-3-5-7-8;/h2-7H,1H2;1H. The Balaban J connectivity index is 0.00000121. The minimum absolute atomic E-state index is 0. The number of hydrogen-bond acceptors (Lipinski definition) is 2. The van der Waals surface area contributed by atoms with Crippen molar-refractivity contribution in [2.45, 2.75) is 0 Å². The maximum absolute atomic E-state index is 11.0. The number of halogens is 1. The van der Waals surface area contributed by atoms with E-state index in [4.69, 9.17) is 0 Å². The number of benzene rings is 1. The van der Waals surface area contributed by atoms with Gasteiger partial charge in [0.05, 0.1) is 11.8 Å². The van der Waals surface area contributed by atoms with Crippen LogP contribution in [0.25, 0.3) is 0 Å². The quantitative estimate of drug-likeness (QED) is 0.499. The first-order valence-corrected chi connectivity index (χ1v) is 3.21. The van der Waals surface area contributed by atoms with E-state index in [-0.39, 0.29) is 10.7 Å². The van der Waals surface area contributed by atoms with Gasteiger partial charge in [0.1, 0.15) is 0 Å². The molecule has 1 aromatic rings. The fraction of sp³-hybridized carbons (Fsp3) is 0. The summed E-state index contributed by atoms with van der Waals surface area (Å²) in [6.07, 6.45) is 1.12. The lowest BCUT2D eigenvalue weighted by Gasteiger charge is -1.96. The maximum Gasteiger partial charge on any atom is 0.342 e. The van der Waals surface area contributed by atoms with Crippen LogP contribution in [0.15, 0.2) is 43.2 Å². The van der Waals surface area contributed by atoms with Crippen molar-refractivity contribution >= 4 is 5.97 Å². The van der Waals surface area contributed by atoms with Gasteiger partial charge in [0.25, 0.3) is 0 Å². The van der Waals surface area contributed by atoms with Crippen molar-refractivity contribution in [1.29, 1.82) is 0 Å². The summed E-state index contributed by atoms with van der Waals surface area (Å²) in [4.78, 5) is 11.0. The lowest BCUT2D eigenvalue weighted by atomic mass is 10.2. The van der Waals surface area contributed by atoms with Gasteiger partial charge in [-0.3, -0.25) is 4.70 Å². The Kier molecular flexibility index (Phi) is 4.38. The zero-order valence-corrected chi connectivity index (χ0v) is 6.40. The molecule has 0 N–H and O–H groups in total. The monoisotopic (exact) mass is 168 g/mol. The molecule has 1 aromatic carbocycles. The Hall–Kier alpha value is -1.64. The smallest absolute Gasteiger partial charge is 0.342 e. The molecule has 0 saturated carbocycles. The van der Waals surface area contributed by atoms with Gasteiger partial charge >= 0.3 is 5.97 Å². The highest BCUT2D eigenvalue weighted by Crippen LogP contribution is 2.00. The Morgan fingerprint density at radius 2 is 1.92 bits per heavy atom. The summed E-state index contributed by atoms with van der Waals surface area (Å²) in [5.41, 5.74) is 0.535. The summed E-state index contributed by atoms with van der Waals surface area (Å²) in [5.74, 6) is -0.374. The molecule has 12 heavy (non-hydrogen) atoms. The van der Waals surface area contributed by atoms with Crippen LogP contribution >= 0.6 is 0 Å². The van der Waals surface area contributed by atoms with Crippen molar-refractivity contribution in [1.82, 2.24) is 0 Å². The number of hydrogen-bond donors (Lipinski definition) is 0. The van der Waals surface area contributed by atoms with Gasteiger partial charge in [0.15, 0.2) is 0 Å². The predicted octanol–water partition coefficient (Wildman–Crippen LogP) is 2.14. The fourth-order valence-corrected chi connectivity index (χ4v) is 0.718. The second kappa shape index (κ2) is 5.07. The topological polar surface area (TPSA) is 26.3 Å². The van der Waals surface area contributed by atoms with Crippen LogP contribution in [0.1, 0.15) is 10.4 Å². The Labute approximate surface area is 69.8 Å². The Morgan fingerprint density at radius 3 is 2.42 bits per heavy atom. The molecule has 0 unspecified atom stereocenters. The van der Waals surface area contributed by atoms with Gasteiger partial charge in [-0.2, -0.15) is 0 Å². The molecule has 64 valence electrons. The second-order valence-corrected chi connectivity index (χ2v) is 1.94. The van der Waals surface area contributed by atoms with Crippen LogP contribution in [0.4, 0.5) is 4.70 Å². The SMILES string of the molecule is C=COC(=O)c1ccccc1.F. The third-order valence-electron chi connectivity index (χ3n) is 1.20. The van der Waals surface area contributed by atoms with Crippen LogP contribution in [0.5, 0.6) is 0 Å². The van der Waals surface area contributed by atoms with Crippen molar-refractivity contribution in [2.75, 3.05) is 0 Å². The van der Waals surface area contributed by atoms with E-state index >= 15 is 0 Å². The van der Waals surface area contributed by atoms with Crippen LogP contribution < -0.4 is 0 Å². The number of ether oxygens (including phenoxy) is 1. The summed E-state index contributed by atoms with van der Waals surface area (Å²) < 4.78 is 4.55. The third-order valence-corrected chi connectivity index (χ3v) is 1.20.